The molecule has 23 heavy (non-hydrogen) atoms. The van der Waals surface area contributed by atoms with Crippen LogP contribution in [0.4, 0.5) is 0 Å². The Labute approximate surface area is 135 Å². The summed E-state index contributed by atoms with van der Waals surface area (Å²) in [4.78, 5) is 44.1. The van der Waals surface area contributed by atoms with Crippen LogP contribution in [0.3, 0.4) is 0 Å². The average Bonchev–Trinajstić information content (AvgIpc) is 2.48. The van der Waals surface area contributed by atoms with E-state index in [0.717, 1.165) is 32.5 Å². The smallest absolute Gasteiger partial charge is 0.325 e. The molecule has 1 aliphatic rings. The number of nitrogens with zero attached hydrogens (tertiary/aromatic N) is 2. The highest BCUT2D eigenvalue weighted by Crippen LogP contribution is 2.17. The van der Waals surface area contributed by atoms with Crippen LogP contribution in [0.15, 0.2) is 9.59 Å². The molecule has 1 aromatic heterocycles. The molecule has 0 spiro atoms. The van der Waals surface area contributed by atoms with Crippen molar-refractivity contribution in [2.24, 2.45) is 5.92 Å². The lowest BCUT2D eigenvalue weighted by Crippen LogP contribution is -2.38. The molecule has 0 aliphatic carbocycles. The number of hydrogen-bond donors (Lipinski definition) is 2. The lowest BCUT2D eigenvalue weighted by molar-refractivity contribution is -0.130. The monoisotopic (exact) mass is 322 g/mol. The van der Waals surface area contributed by atoms with Gasteiger partial charge in [-0.25, -0.2) is 4.79 Å². The van der Waals surface area contributed by atoms with Crippen LogP contribution >= 0.6 is 0 Å². The molecule has 1 aliphatic heterocycles. The highest BCUT2D eigenvalue weighted by Gasteiger charge is 2.20. The topological polar surface area (TPSA) is 89.3 Å². The van der Waals surface area contributed by atoms with Crippen LogP contribution < -0.4 is 11.2 Å². The van der Waals surface area contributed by atoms with Crippen molar-refractivity contribution in [1.29, 1.82) is 0 Å². The van der Waals surface area contributed by atoms with E-state index in [4.69, 9.17) is 0 Å². The van der Waals surface area contributed by atoms with E-state index in [1.54, 1.807) is 11.8 Å². The molecule has 7 nitrogen and oxygen atoms in total. The number of carbonyl (C=O) groups excluding carboxylic acids is 1. The number of aromatic amines is 2. The van der Waals surface area contributed by atoms with Crippen molar-refractivity contribution in [3.8, 4) is 0 Å². The molecule has 1 fully saturated rings. The molecule has 0 atom stereocenters. The number of amides is 1. The molecule has 0 radical (unpaired) electrons. The van der Waals surface area contributed by atoms with Gasteiger partial charge in [0.05, 0.1) is 0 Å². The van der Waals surface area contributed by atoms with Gasteiger partial charge in [0, 0.05) is 31.3 Å². The zero-order valence-electron chi connectivity index (χ0n) is 14.1. The Hall–Kier alpha value is -1.89. The molecule has 2 rings (SSSR count). The minimum absolute atomic E-state index is 0.0360. The quantitative estimate of drug-likeness (QED) is 0.805. The number of aromatic nitrogens is 2. The van der Waals surface area contributed by atoms with Crippen molar-refractivity contribution in [2.45, 2.75) is 32.6 Å². The van der Waals surface area contributed by atoms with Gasteiger partial charge in [0.15, 0.2) is 0 Å². The largest absolute Gasteiger partial charge is 0.345 e. The van der Waals surface area contributed by atoms with Gasteiger partial charge < -0.3 is 14.8 Å². The standard InChI is InChI=1S/C16H26N4O3/c1-11-13(15(22)18-16(23)17-11)4-5-14(21)20(3)10-12-6-8-19(2)9-7-12/h12H,4-10H2,1-3H3,(H2,17,18,22,23). The molecule has 1 amide bonds. The predicted molar refractivity (Wildman–Crippen MR) is 88.6 cm³/mol. The van der Waals surface area contributed by atoms with Crippen molar-refractivity contribution >= 4 is 5.91 Å². The second kappa shape index (κ2) is 7.59. The van der Waals surface area contributed by atoms with Crippen molar-refractivity contribution in [3.63, 3.8) is 0 Å². The van der Waals surface area contributed by atoms with Crippen LogP contribution in [0, 0.1) is 12.8 Å². The van der Waals surface area contributed by atoms with E-state index in [0.29, 0.717) is 23.6 Å². The van der Waals surface area contributed by atoms with E-state index in [1.165, 1.54) is 0 Å². The van der Waals surface area contributed by atoms with Gasteiger partial charge in [-0.2, -0.15) is 0 Å². The van der Waals surface area contributed by atoms with Gasteiger partial charge in [0.25, 0.3) is 5.56 Å². The number of carbonyl (C=O) groups is 1. The van der Waals surface area contributed by atoms with Crippen LogP contribution in [-0.4, -0.2) is 59.4 Å². The Morgan fingerprint density at radius 2 is 1.91 bits per heavy atom. The fourth-order valence-electron chi connectivity index (χ4n) is 3.08. The summed E-state index contributed by atoms with van der Waals surface area (Å²) in [6.45, 7) is 4.61. The number of nitrogens with one attached hydrogen (secondary N) is 2. The molecular weight excluding hydrogens is 296 g/mol. The SMILES string of the molecule is Cc1[nH]c(=O)[nH]c(=O)c1CCC(=O)N(C)CC1CCN(C)CC1. The molecule has 1 aromatic rings. The van der Waals surface area contributed by atoms with Gasteiger partial charge in [-0.1, -0.05) is 0 Å². The van der Waals surface area contributed by atoms with Gasteiger partial charge >= 0.3 is 5.69 Å². The summed E-state index contributed by atoms with van der Waals surface area (Å²) in [5.41, 5.74) is 0.0918. The Kier molecular flexibility index (Phi) is 5.76. The maximum atomic E-state index is 12.3. The van der Waals surface area contributed by atoms with E-state index < -0.39 is 11.2 Å². The first-order valence-electron chi connectivity index (χ1n) is 8.11. The van der Waals surface area contributed by atoms with Crippen LogP contribution in [0.1, 0.15) is 30.5 Å². The zero-order valence-corrected chi connectivity index (χ0v) is 14.1. The number of hydrogen-bond acceptors (Lipinski definition) is 4. The zero-order chi connectivity index (χ0) is 17.0. The van der Waals surface area contributed by atoms with E-state index in [2.05, 4.69) is 21.9 Å². The molecule has 2 N–H and O–H groups in total. The maximum Gasteiger partial charge on any atom is 0.325 e. The highest BCUT2D eigenvalue weighted by atomic mass is 16.2. The average molecular weight is 322 g/mol. The highest BCUT2D eigenvalue weighted by molar-refractivity contribution is 5.76. The summed E-state index contributed by atoms with van der Waals surface area (Å²) in [6.07, 6.45) is 2.85. The lowest BCUT2D eigenvalue weighted by atomic mass is 9.96. The van der Waals surface area contributed by atoms with Crippen LogP contribution in [0.2, 0.25) is 0 Å². The first-order chi connectivity index (χ1) is 10.9. The van der Waals surface area contributed by atoms with Crippen molar-refractivity contribution in [1.82, 2.24) is 19.8 Å². The fraction of sp³-hybridized carbons (Fsp3) is 0.688. The predicted octanol–water partition coefficient (Wildman–Crippen LogP) is 0.104. The Morgan fingerprint density at radius 3 is 2.52 bits per heavy atom. The molecule has 0 bridgehead atoms. The second-order valence-corrected chi connectivity index (χ2v) is 6.53. The number of H-pyrrole nitrogens is 2. The lowest BCUT2D eigenvalue weighted by Gasteiger charge is -2.31. The summed E-state index contributed by atoms with van der Waals surface area (Å²) in [5, 5.41) is 0. The maximum absolute atomic E-state index is 12.3. The molecule has 0 unspecified atom stereocenters. The number of aryl methyl sites for hydroxylation is 1. The third-order valence-electron chi connectivity index (χ3n) is 4.64. The summed E-state index contributed by atoms with van der Waals surface area (Å²) >= 11 is 0. The van der Waals surface area contributed by atoms with Crippen LogP contribution in [-0.2, 0) is 11.2 Å². The Bertz CT molecular complexity index is 656. The fourth-order valence-corrected chi connectivity index (χ4v) is 3.08. The van der Waals surface area contributed by atoms with Gasteiger partial charge in [-0.3, -0.25) is 14.6 Å². The van der Waals surface area contributed by atoms with Crippen LogP contribution in [0.25, 0.3) is 0 Å². The van der Waals surface area contributed by atoms with Gasteiger partial charge in [-0.15, -0.1) is 0 Å². The van der Waals surface area contributed by atoms with Crippen molar-refractivity contribution in [2.75, 3.05) is 33.7 Å². The summed E-state index contributed by atoms with van der Waals surface area (Å²) in [7, 11) is 3.94. The molecule has 7 heteroatoms. The van der Waals surface area contributed by atoms with E-state index in [-0.39, 0.29) is 12.3 Å². The number of piperidine rings is 1. The summed E-state index contributed by atoms with van der Waals surface area (Å²) in [6, 6.07) is 0. The second-order valence-electron chi connectivity index (χ2n) is 6.53. The molecule has 1 saturated heterocycles. The third-order valence-corrected chi connectivity index (χ3v) is 4.64. The Balaban J connectivity index is 1.87. The van der Waals surface area contributed by atoms with Gasteiger partial charge in [0.1, 0.15) is 0 Å². The Morgan fingerprint density at radius 1 is 1.26 bits per heavy atom. The molecule has 0 saturated carbocycles. The van der Waals surface area contributed by atoms with Crippen LogP contribution in [0.5, 0.6) is 0 Å². The van der Waals surface area contributed by atoms with E-state index in [1.807, 2.05) is 7.05 Å². The van der Waals surface area contributed by atoms with Crippen molar-refractivity contribution in [3.05, 3.63) is 32.1 Å². The van der Waals surface area contributed by atoms with Gasteiger partial charge in [0.2, 0.25) is 5.91 Å². The van der Waals surface area contributed by atoms with E-state index >= 15 is 0 Å². The molecular formula is C16H26N4O3. The third kappa shape index (κ3) is 4.79. The minimum atomic E-state index is -0.512. The molecule has 128 valence electrons. The van der Waals surface area contributed by atoms with E-state index in [9.17, 15) is 14.4 Å². The summed E-state index contributed by atoms with van der Waals surface area (Å²) in [5.74, 6) is 0.590. The van der Waals surface area contributed by atoms with Crippen molar-refractivity contribution < 1.29 is 4.79 Å². The molecule has 2 heterocycles. The first-order valence-corrected chi connectivity index (χ1v) is 8.11. The van der Waals surface area contributed by atoms with Gasteiger partial charge in [-0.05, 0) is 52.2 Å². The minimum Gasteiger partial charge on any atom is -0.345 e. The molecule has 0 aromatic carbocycles. The number of rotatable bonds is 5. The number of likely N-dealkylation sites (tertiary alicyclic amines) is 1. The first kappa shape index (κ1) is 17.5. The normalized spacial score (nSPS) is 16.5. The summed E-state index contributed by atoms with van der Waals surface area (Å²) < 4.78 is 0.